The number of hydrogen-bond acceptors (Lipinski definition) is 4. The van der Waals surface area contributed by atoms with Crippen LogP contribution in [0.1, 0.15) is 41.0 Å². The molecule has 1 unspecified atom stereocenters. The molecule has 0 fully saturated rings. The Balaban J connectivity index is 2.97. The lowest BCUT2D eigenvalue weighted by Crippen LogP contribution is -2.45. The first kappa shape index (κ1) is 14.2. The van der Waals surface area contributed by atoms with Gasteiger partial charge in [-0.25, -0.2) is 4.67 Å². The summed E-state index contributed by atoms with van der Waals surface area (Å²) >= 11 is 0. The maximum absolute atomic E-state index is 4.90. The first-order valence-corrected chi connectivity index (χ1v) is 8.01. The van der Waals surface area contributed by atoms with E-state index in [9.17, 15) is 0 Å². The average Bonchev–Trinajstić information content (AvgIpc) is 2.18. The molecule has 1 rings (SSSR count). The van der Waals surface area contributed by atoms with Crippen LogP contribution in [0.4, 0.5) is 0 Å². The highest BCUT2D eigenvalue weighted by molar-refractivity contribution is 7.60. The van der Waals surface area contributed by atoms with Crippen LogP contribution in [0.2, 0.25) is 0 Å². The minimum Gasteiger partial charge on any atom is -0.261 e. The molecule has 96 valence electrons. The lowest BCUT2D eigenvalue weighted by molar-refractivity contribution is 0.440. The minimum absolute atomic E-state index is 0.101. The van der Waals surface area contributed by atoms with Crippen LogP contribution < -0.4 is 10.2 Å². The van der Waals surface area contributed by atoms with Crippen molar-refractivity contribution in [2.75, 3.05) is 26.2 Å². The van der Waals surface area contributed by atoms with Gasteiger partial charge in [0.2, 0.25) is 0 Å². The third-order valence-corrected chi connectivity index (χ3v) is 6.24. The summed E-state index contributed by atoms with van der Waals surface area (Å²) in [4.78, 5) is 0. The van der Waals surface area contributed by atoms with Gasteiger partial charge in [-0.3, -0.25) is 14.9 Å². The average molecular weight is 246 g/mol. The van der Waals surface area contributed by atoms with E-state index in [2.05, 4.69) is 49.5 Å². The third kappa shape index (κ3) is 3.56. The number of rotatable bonds is 4. The largest absolute Gasteiger partial charge is 0.261 e. The van der Waals surface area contributed by atoms with Crippen molar-refractivity contribution in [3.63, 3.8) is 0 Å². The standard InChI is InChI=1S/C11H27N4P/c1-6-15(7-2)16(14-11(3,4)5)12-9-8-10-13-16/h12,14H,6-10H2,1-5H3. The van der Waals surface area contributed by atoms with E-state index in [4.69, 9.17) is 4.74 Å². The molecular weight excluding hydrogens is 219 g/mol. The first-order valence-electron chi connectivity index (χ1n) is 6.31. The summed E-state index contributed by atoms with van der Waals surface area (Å²) in [5.41, 5.74) is 0.101. The SMILES string of the molecule is CCN(CC)P1(NC(C)(C)C)=NCCCN1. The molecule has 4 nitrogen and oxygen atoms in total. The topological polar surface area (TPSA) is 39.7 Å². The molecule has 0 amide bonds. The number of nitrogens with one attached hydrogen (secondary N) is 2. The predicted octanol–water partition coefficient (Wildman–Crippen LogP) is 2.66. The van der Waals surface area contributed by atoms with Gasteiger partial charge in [-0.05, 0) is 27.2 Å². The number of hydrogen-bond donors (Lipinski definition) is 2. The second-order valence-electron chi connectivity index (χ2n) is 5.23. The van der Waals surface area contributed by atoms with E-state index in [1.54, 1.807) is 0 Å². The van der Waals surface area contributed by atoms with Gasteiger partial charge < -0.3 is 0 Å². The van der Waals surface area contributed by atoms with Crippen molar-refractivity contribution in [2.24, 2.45) is 4.74 Å². The Hall–Kier alpha value is 0.110. The maximum Gasteiger partial charge on any atom is 0.162 e. The fraction of sp³-hybridized carbons (Fsp3) is 1.00. The molecule has 0 spiro atoms. The van der Waals surface area contributed by atoms with Crippen LogP contribution in [0.3, 0.4) is 0 Å². The van der Waals surface area contributed by atoms with Crippen molar-refractivity contribution in [2.45, 2.75) is 46.6 Å². The van der Waals surface area contributed by atoms with Crippen molar-refractivity contribution in [3.05, 3.63) is 0 Å². The summed E-state index contributed by atoms with van der Waals surface area (Å²) in [6, 6.07) is 0. The summed E-state index contributed by atoms with van der Waals surface area (Å²) in [5, 5.41) is 7.38. The van der Waals surface area contributed by atoms with Crippen LogP contribution in [0.25, 0.3) is 0 Å². The van der Waals surface area contributed by atoms with Gasteiger partial charge in [0.05, 0.1) is 0 Å². The zero-order valence-electron chi connectivity index (χ0n) is 11.4. The van der Waals surface area contributed by atoms with Crippen molar-refractivity contribution in [1.29, 1.82) is 0 Å². The molecule has 0 saturated carbocycles. The van der Waals surface area contributed by atoms with Gasteiger partial charge in [0.15, 0.2) is 7.51 Å². The molecule has 0 aromatic heterocycles. The van der Waals surface area contributed by atoms with Crippen molar-refractivity contribution in [3.8, 4) is 0 Å². The lowest BCUT2D eigenvalue weighted by atomic mass is 10.1. The summed E-state index contributed by atoms with van der Waals surface area (Å²) in [6.07, 6.45) is 1.16. The zero-order valence-corrected chi connectivity index (χ0v) is 12.3. The summed E-state index contributed by atoms with van der Waals surface area (Å²) in [6.45, 7) is 15.2. The zero-order chi connectivity index (χ0) is 12.2. The van der Waals surface area contributed by atoms with Gasteiger partial charge in [0.25, 0.3) is 0 Å². The molecule has 0 aromatic rings. The molecule has 1 aliphatic rings. The van der Waals surface area contributed by atoms with Crippen LogP contribution in [0.5, 0.6) is 0 Å². The van der Waals surface area contributed by atoms with Gasteiger partial charge in [-0.1, -0.05) is 13.8 Å². The van der Waals surface area contributed by atoms with Crippen LogP contribution in [-0.4, -0.2) is 36.4 Å². The van der Waals surface area contributed by atoms with Crippen LogP contribution >= 0.6 is 7.51 Å². The molecule has 0 aromatic carbocycles. The Morgan fingerprint density at radius 2 is 1.94 bits per heavy atom. The first-order chi connectivity index (χ1) is 7.43. The van der Waals surface area contributed by atoms with E-state index in [0.29, 0.717) is 0 Å². The predicted molar refractivity (Wildman–Crippen MR) is 72.6 cm³/mol. The maximum atomic E-state index is 4.90. The summed E-state index contributed by atoms with van der Waals surface area (Å²) in [7, 11) is -1.66. The molecule has 2 N–H and O–H groups in total. The Kier molecular flexibility index (Phi) is 4.99. The van der Waals surface area contributed by atoms with Crippen LogP contribution in [0, 0.1) is 0 Å². The molecule has 5 heteroatoms. The normalized spacial score (nSPS) is 26.9. The van der Waals surface area contributed by atoms with E-state index >= 15 is 0 Å². The molecule has 0 bridgehead atoms. The van der Waals surface area contributed by atoms with Gasteiger partial charge >= 0.3 is 0 Å². The number of nitrogens with zero attached hydrogens (tertiary/aromatic N) is 2. The Bertz CT molecular complexity index is 266. The molecule has 1 atom stereocenters. The molecular formula is C11H27N4P. The Morgan fingerprint density at radius 3 is 2.31 bits per heavy atom. The Morgan fingerprint density at radius 1 is 1.31 bits per heavy atom. The van der Waals surface area contributed by atoms with Crippen molar-refractivity contribution < 1.29 is 0 Å². The van der Waals surface area contributed by atoms with E-state index in [1.165, 1.54) is 0 Å². The smallest absolute Gasteiger partial charge is 0.162 e. The second-order valence-corrected chi connectivity index (χ2v) is 7.82. The highest BCUT2D eigenvalue weighted by Crippen LogP contribution is 2.47. The minimum atomic E-state index is -1.66. The van der Waals surface area contributed by atoms with Crippen LogP contribution in [0.15, 0.2) is 4.74 Å². The van der Waals surface area contributed by atoms with E-state index in [0.717, 1.165) is 32.6 Å². The quantitative estimate of drug-likeness (QED) is 0.749. The highest BCUT2D eigenvalue weighted by atomic mass is 31.2. The molecule has 1 heterocycles. The highest BCUT2D eigenvalue weighted by Gasteiger charge is 2.31. The van der Waals surface area contributed by atoms with Gasteiger partial charge in [-0.2, -0.15) is 0 Å². The molecule has 0 radical (unpaired) electrons. The molecule has 1 aliphatic heterocycles. The van der Waals surface area contributed by atoms with E-state index < -0.39 is 7.51 Å². The van der Waals surface area contributed by atoms with Gasteiger partial charge in [-0.15, -0.1) is 0 Å². The van der Waals surface area contributed by atoms with Crippen LogP contribution in [-0.2, 0) is 0 Å². The summed E-state index contributed by atoms with van der Waals surface area (Å²) < 4.78 is 7.36. The fourth-order valence-corrected chi connectivity index (χ4v) is 5.44. The van der Waals surface area contributed by atoms with Gasteiger partial charge in [0, 0.05) is 31.7 Å². The fourth-order valence-electron chi connectivity index (χ4n) is 2.02. The summed E-state index contributed by atoms with van der Waals surface area (Å²) in [5.74, 6) is 0. The Labute approximate surface area is 100 Å². The van der Waals surface area contributed by atoms with Crippen molar-refractivity contribution in [1.82, 2.24) is 14.8 Å². The third-order valence-electron chi connectivity index (χ3n) is 2.60. The monoisotopic (exact) mass is 246 g/mol. The van der Waals surface area contributed by atoms with E-state index in [-0.39, 0.29) is 5.54 Å². The lowest BCUT2D eigenvalue weighted by Gasteiger charge is -2.42. The molecule has 0 saturated heterocycles. The molecule has 16 heavy (non-hydrogen) atoms. The molecule has 0 aliphatic carbocycles. The van der Waals surface area contributed by atoms with Crippen molar-refractivity contribution >= 4 is 7.51 Å². The second kappa shape index (κ2) is 5.63. The van der Waals surface area contributed by atoms with Gasteiger partial charge in [0.1, 0.15) is 0 Å². The van der Waals surface area contributed by atoms with E-state index in [1.807, 2.05) is 0 Å².